The van der Waals surface area contributed by atoms with E-state index in [1.807, 2.05) is 24.3 Å². The number of nitrogens with one attached hydrogen (secondary N) is 1. The normalized spacial score (nSPS) is 20.1. The molecule has 0 unspecified atom stereocenters. The molecular formula is C14H15N3O4S. The van der Waals surface area contributed by atoms with Gasteiger partial charge in [0, 0.05) is 0 Å². The van der Waals surface area contributed by atoms with Crippen LogP contribution in [0.3, 0.4) is 0 Å². The van der Waals surface area contributed by atoms with Crippen LogP contribution in [0.1, 0.15) is 18.9 Å². The topological polar surface area (TPSA) is 100 Å². The summed E-state index contributed by atoms with van der Waals surface area (Å²) in [6, 6.07) is 7.34. The second kappa shape index (κ2) is 7.08. The summed E-state index contributed by atoms with van der Waals surface area (Å²) >= 11 is 1.07. The van der Waals surface area contributed by atoms with Crippen LogP contribution in [-0.2, 0) is 9.59 Å². The highest BCUT2D eigenvalue weighted by Crippen LogP contribution is 2.22. The number of carbonyl (C=O) groups is 2. The van der Waals surface area contributed by atoms with Crippen molar-refractivity contribution in [3.05, 3.63) is 29.8 Å². The number of thioether (sulfide) groups is 1. The third kappa shape index (κ3) is 4.08. The highest BCUT2D eigenvalue weighted by molar-refractivity contribution is 8.15. The zero-order valence-corrected chi connectivity index (χ0v) is 12.9. The third-order valence-corrected chi connectivity index (χ3v) is 4.01. The minimum atomic E-state index is -1.02. The van der Waals surface area contributed by atoms with Crippen LogP contribution in [0.4, 0.5) is 0 Å². The maximum absolute atomic E-state index is 11.6. The standard InChI is InChI=1S/C14H15N3O4S/c1-8(9-3-5-10(21-2)6-4-9)16-17-14-15-13(20)11(22-14)7-12(18)19/h3-6,11H,7H2,1-2H3,(H,18,19)(H,15,17,20)/t11-/m0/s1. The fraction of sp³-hybridized carbons (Fsp3) is 0.286. The smallest absolute Gasteiger partial charge is 0.305 e. The first kappa shape index (κ1) is 16.0. The largest absolute Gasteiger partial charge is 0.497 e. The van der Waals surface area contributed by atoms with Crippen molar-refractivity contribution in [2.24, 2.45) is 10.2 Å². The zero-order valence-electron chi connectivity index (χ0n) is 12.1. The fourth-order valence-electron chi connectivity index (χ4n) is 1.76. The Morgan fingerprint density at radius 2 is 2.09 bits per heavy atom. The van der Waals surface area contributed by atoms with Gasteiger partial charge in [-0.25, -0.2) is 0 Å². The second-order valence-corrected chi connectivity index (χ2v) is 5.70. The number of carboxylic acid groups (broad SMARTS) is 1. The Labute approximate surface area is 131 Å². The molecule has 0 aliphatic carbocycles. The fourth-order valence-corrected chi connectivity index (χ4v) is 2.66. The highest BCUT2D eigenvalue weighted by atomic mass is 32.2. The van der Waals surface area contributed by atoms with Crippen molar-refractivity contribution in [1.82, 2.24) is 5.32 Å². The molecule has 1 fully saturated rings. The van der Waals surface area contributed by atoms with Gasteiger partial charge in [0.2, 0.25) is 5.91 Å². The SMILES string of the molecule is COc1ccc(C(C)=NN=C2NC(=O)[C@H](CC(=O)O)S2)cc1. The molecular weight excluding hydrogens is 306 g/mol. The molecule has 1 aliphatic heterocycles. The van der Waals surface area contributed by atoms with Gasteiger partial charge < -0.3 is 15.2 Å². The van der Waals surface area contributed by atoms with Crippen molar-refractivity contribution < 1.29 is 19.4 Å². The summed E-state index contributed by atoms with van der Waals surface area (Å²) in [7, 11) is 1.59. The van der Waals surface area contributed by atoms with E-state index in [-0.39, 0.29) is 12.3 Å². The average Bonchev–Trinajstić information content (AvgIpc) is 2.84. The van der Waals surface area contributed by atoms with E-state index in [4.69, 9.17) is 9.84 Å². The molecule has 1 aromatic carbocycles. The molecule has 1 aliphatic rings. The zero-order chi connectivity index (χ0) is 16.1. The molecule has 1 heterocycles. The predicted molar refractivity (Wildman–Crippen MR) is 84.4 cm³/mol. The lowest BCUT2D eigenvalue weighted by atomic mass is 10.1. The van der Waals surface area contributed by atoms with Crippen molar-refractivity contribution in [3.63, 3.8) is 0 Å². The number of methoxy groups -OCH3 is 1. The summed E-state index contributed by atoms with van der Waals surface area (Å²) in [6.07, 6.45) is -0.239. The summed E-state index contributed by atoms with van der Waals surface area (Å²) < 4.78 is 5.08. The maximum Gasteiger partial charge on any atom is 0.305 e. The molecule has 7 nitrogen and oxygen atoms in total. The third-order valence-electron chi connectivity index (χ3n) is 2.94. The number of ether oxygens (including phenoxy) is 1. The number of carboxylic acids is 1. The lowest BCUT2D eigenvalue weighted by Crippen LogP contribution is -2.26. The lowest BCUT2D eigenvalue weighted by Gasteiger charge is -2.01. The molecule has 1 atom stereocenters. The van der Waals surface area contributed by atoms with Crippen molar-refractivity contribution in [2.45, 2.75) is 18.6 Å². The van der Waals surface area contributed by atoms with E-state index in [2.05, 4.69) is 15.5 Å². The summed E-state index contributed by atoms with van der Waals surface area (Å²) in [5.74, 6) is -0.631. The number of hydrogen-bond donors (Lipinski definition) is 2. The van der Waals surface area contributed by atoms with E-state index >= 15 is 0 Å². The number of nitrogens with zero attached hydrogens (tertiary/aromatic N) is 2. The maximum atomic E-state index is 11.6. The van der Waals surface area contributed by atoms with Crippen molar-refractivity contribution >= 4 is 34.5 Å². The first-order chi connectivity index (χ1) is 10.5. The Balaban J connectivity index is 2.06. The van der Waals surface area contributed by atoms with Crippen LogP contribution < -0.4 is 10.1 Å². The number of rotatable bonds is 5. The molecule has 116 valence electrons. The molecule has 2 N–H and O–H groups in total. The van der Waals surface area contributed by atoms with Crippen LogP contribution in [0, 0.1) is 0 Å². The van der Waals surface area contributed by atoms with Crippen LogP contribution in [0.5, 0.6) is 5.75 Å². The Kier molecular flexibility index (Phi) is 5.16. The number of benzene rings is 1. The molecule has 1 aromatic rings. The van der Waals surface area contributed by atoms with Gasteiger partial charge in [-0.15, -0.1) is 5.10 Å². The van der Waals surface area contributed by atoms with Crippen molar-refractivity contribution in [2.75, 3.05) is 7.11 Å². The summed E-state index contributed by atoms with van der Waals surface area (Å²) in [5, 5.41) is 18.9. The summed E-state index contributed by atoms with van der Waals surface area (Å²) in [6.45, 7) is 1.79. The van der Waals surface area contributed by atoms with Gasteiger partial charge in [-0.2, -0.15) is 5.10 Å². The van der Waals surface area contributed by atoms with E-state index in [1.165, 1.54) is 0 Å². The monoisotopic (exact) mass is 321 g/mol. The van der Waals surface area contributed by atoms with Crippen molar-refractivity contribution in [3.8, 4) is 5.75 Å². The van der Waals surface area contributed by atoms with Gasteiger partial charge in [0.25, 0.3) is 0 Å². The van der Waals surface area contributed by atoms with E-state index in [1.54, 1.807) is 14.0 Å². The Morgan fingerprint density at radius 1 is 1.41 bits per heavy atom. The van der Waals surface area contributed by atoms with Crippen LogP contribution in [-0.4, -0.2) is 40.2 Å². The van der Waals surface area contributed by atoms with Crippen LogP contribution in [0.2, 0.25) is 0 Å². The second-order valence-electron chi connectivity index (χ2n) is 4.51. The molecule has 22 heavy (non-hydrogen) atoms. The van der Waals surface area contributed by atoms with Gasteiger partial charge >= 0.3 is 5.97 Å². The van der Waals surface area contributed by atoms with Gasteiger partial charge in [-0.05, 0) is 36.8 Å². The van der Waals surface area contributed by atoms with Gasteiger partial charge in [0.1, 0.15) is 11.0 Å². The van der Waals surface area contributed by atoms with Crippen LogP contribution in [0.15, 0.2) is 34.5 Å². The number of amides is 1. The molecule has 1 saturated heterocycles. The lowest BCUT2D eigenvalue weighted by molar-refractivity contribution is -0.138. The van der Waals surface area contributed by atoms with Gasteiger partial charge in [-0.3, -0.25) is 9.59 Å². The number of carbonyl (C=O) groups excluding carboxylic acids is 1. The number of amidine groups is 1. The quantitative estimate of drug-likeness (QED) is 0.632. The molecule has 0 radical (unpaired) electrons. The summed E-state index contributed by atoms with van der Waals surface area (Å²) in [4.78, 5) is 22.2. The molecule has 2 rings (SSSR count). The molecule has 0 spiro atoms. The predicted octanol–water partition coefficient (Wildman–Crippen LogP) is 1.48. The van der Waals surface area contributed by atoms with Crippen LogP contribution >= 0.6 is 11.8 Å². The van der Waals surface area contributed by atoms with Crippen LogP contribution in [0.25, 0.3) is 0 Å². The van der Waals surface area contributed by atoms with E-state index in [0.29, 0.717) is 10.9 Å². The van der Waals surface area contributed by atoms with Gasteiger partial charge in [0.05, 0.1) is 19.2 Å². The van der Waals surface area contributed by atoms with E-state index in [9.17, 15) is 9.59 Å². The number of hydrogen-bond acceptors (Lipinski definition) is 6. The highest BCUT2D eigenvalue weighted by Gasteiger charge is 2.32. The Bertz CT molecular complexity index is 640. The minimum Gasteiger partial charge on any atom is -0.497 e. The minimum absolute atomic E-state index is 0.239. The Morgan fingerprint density at radius 3 is 2.68 bits per heavy atom. The van der Waals surface area contributed by atoms with E-state index in [0.717, 1.165) is 23.1 Å². The molecule has 0 aromatic heterocycles. The first-order valence-corrected chi connectivity index (χ1v) is 7.33. The molecule has 0 saturated carbocycles. The summed E-state index contributed by atoms with van der Waals surface area (Å²) in [5.41, 5.74) is 1.55. The van der Waals surface area contributed by atoms with Gasteiger partial charge in [-0.1, -0.05) is 11.8 Å². The van der Waals surface area contributed by atoms with E-state index < -0.39 is 11.2 Å². The average molecular weight is 321 g/mol. The number of aliphatic carboxylic acids is 1. The molecule has 1 amide bonds. The van der Waals surface area contributed by atoms with Gasteiger partial charge in [0.15, 0.2) is 5.17 Å². The molecule has 0 bridgehead atoms. The molecule has 8 heteroatoms. The first-order valence-electron chi connectivity index (χ1n) is 6.45. The van der Waals surface area contributed by atoms with Crippen molar-refractivity contribution in [1.29, 1.82) is 0 Å². The Hall–Kier alpha value is -2.35.